The number of aromatic nitrogens is 4. The number of fused-ring (bicyclic) bond motifs is 1. The van der Waals surface area contributed by atoms with Crippen molar-refractivity contribution in [3.63, 3.8) is 0 Å². The summed E-state index contributed by atoms with van der Waals surface area (Å²) in [5.41, 5.74) is 2.20. The fourth-order valence-corrected chi connectivity index (χ4v) is 3.27. The quantitative estimate of drug-likeness (QED) is 0.777. The number of nitrogens with one attached hydrogen (secondary N) is 1. The smallest absolute Gasteiger partial charge is 0.254 e. The van der Waals surface area contributed by atoms with Crippen molar-refractivity contribution in [2.75, 3.05) is 0 Å². The molecule has 0 spiro atoms. The van der Waals surface area contributed by atoms with Gasteiger partial charge in [-0.3, -0.25) is 9.48 Å². The molecule has 0 saturated heterocycles. The molecule has 0 fully saturated rings. The van der Waals surface area contributed by atoms with E-state index in [0.29, 0.717) is 41.8 Å². The van der Waals surface area contributed by atoms with Crippen molar-refractivity contribution < 1.29 is 13.7 Å². The number of benzene rings is 1. The molecule has 1 aliphatic carbocycles. The second kappa shape index (κ2) is 6.36. The van der Waals surface area contributed by atoms with E-state index in [1.165, 1.54) is 6.20 Å². The number of aryl methyl sites for hydroxylation is 2. The van der Waals surface area contributed by atoms with Gasteiger partial charge in [0.1, 0.15) is 5.82 Å². The number of rotatable bonds is 4. The van der Waals surface area contributed by atoms with Gasteiger partial charge in [0.05, 0.1) is 23.4 Å². The van der Waals surface area contributed by atoms with Crippen LogP contribution in [-0.2, 0) is 19.9 Å². The highest BCUT2D eigenvalue weighted by Gasteiger charge is 2.29. The predicted molar refractivity (Wildman–Crippen MR) is 90.8 cm³/mol. The van der Waals surface area contributed by atoms with Gasteiger partial charge in [-0.05, 0) is 30.0 Å². The first-order valence-corrected chi connectivity index (χ1v) is 8.50. The zero-order chi connectivity index (χ0) is 18.3. The van der Waals surface area contributed by atoms with Crippen LogP contribution in [-0.4, -0.2) is 25.8 Å². The Balaban J connectivity index is 1.59. The molecular formula is C18H18FN5O2. The van der Waals surface area contributed by atoms with E-state index >= 15 is 0 Å². The highest BCUT2D eigenvalue weighted by Crippen LogP contribution is 2.36. The van der Waals surface area contributed by atoms with Crippen LogP contribution in [0.1, 0.15) is 46.8 Å². The largest absolute Gasteiger partial charge is 0.345 e. The van der Waals surface area contributed by atoms with Gasteiger partial charge in [0.2, 0.25) is 11.7 Å². The van der Waals surface area contributed by atoms with Gasteiger partial charge in [0.15, 0.2) is 0 Å². The molecule has 0 saturated carbocycles. The Morgan fingerprint density at radius 3 is 3.00 bits per heavy atom. The van der Waals surface area contributed by atoms with Gasteiger partial charge in [-0.2, -0.15) is 10.1 Å². The first-order chi connectivity index (χ1) is 12.6. The average Bonchev–Trinajstić information content (AvgIpc) is 3.35. The van der Waals surface area contributed by atoms with Crippen molar-refractivity contribution in [3.05, 3.63) is 52.9 Å². The minimum absolute atomic E-state index is 0.216. The Morgan fingerprint density at radius 2 is 2.31 bits per heavy atom. The Hall–Kier alpha value is -3.03. The van der Waals surface area contributed by atoms with E-state index in [1.54, 1.807) is 24.0 Å². The third kappa shape index (κ3) is 2.77. The molecule has 4 rings (SSSR count). The highest BCUT2D eigenvalue weighted by molar-refractivity contribution is 5.94. The predicted octanol–water partition coefficient (Wildman–Crippen LogP) is 2.59. The summed E-state index contributed by atoms with van der Waals surface area (Å²) in [5.74, 6) is 0.168. The Labute approximate surface area is 149 Å². The standard InChI is InChI=1S/C18H18FN5O2/c1-3-15-22-17(23-26-15)13-5-4-11-12(16(13)19)6-7-14(11)21-18(25)10-8-20-24(2)9-10/h4-5,8-9,14H,3,6-7H2,1-2H3,(H,21,25). The molecule has 134 valence electrons. The molecule has 0 aliphatic heterocycles. The number of nitrogens with zero attached hydrogens (tertiary/aromatic N) is 4. The maximum atomic E-state index is 15.0. The van der Waals surface area contributed by atoms with Crippen LogP contribution < -0.4 is 5.32 Å². The van der Waals surface area contributed by atoms with E-state index in [2.05, 4.69) is 20.6 Å². The number of carbonyl (C=O) groups is 1. The number of hydrogen-bond acceptors (Lipinski definition) is 5. The second-order valence-electron chi connectivity index (χ2n) is 6.33. The van der Waals surface area contributed by atoms with Crippen molar-refractivity contribution in [1.29, 1.82) is 0 Å². The number of amides is 1. The molecule has 2 aromatic heterocycles. The summed E-state index contributed by atoms with van der Waals surface area (Å²) >= 11 is 0. The summed E-state index contributed by atoms with van der Waals surface area (Å²) in [7, 11) is 1.75. The van der Waals surface area contributed by atoms with Crippen molar-refractivity contribution in [1.82, 2.24) is 25.2 Å². The molecule has 0 radical (unpaired) electrons. The molecule has 1 N–H and O–H groups in total. The van der Waals surface area contributed by atoms with E-state index in [-0.39, 0.29) is 23.6 Å². The van der Waals surface area contributed by atoms with E-state index in [9.17, 15) is 9.18 Å². The fourth-order valence-electron chi connectivity index (χ4n) is 3.27. The van der Waals surface area contributed by atoms with Crippen LogP contribution in [0.2, 0.25) is 0 Å². The third-order valence-corrected chi connectivity index (χ3v) is 4.62. The summed E-state index contributed by atoms with van der Waals surface area (Å²) in [6.07, 6.45) is 4.95. The van der Waals surface area contributed by atoms with Crippen molar-refractivity contribution in [2.45, 2.75) is 32.2 Å². The van der Waals surface area contributed by atoms with Gasteiger partial charge < -0.3 is 9.84 Å². The average molecular weight is 355 g/mol. The maximum Gasteiger partial charge on any atom is 0.254 e. The fraction of sp³-hybridized carbons (Fsp3) is 0.333. The van der Waals surface area contributed by atoms with Crippen molar-refractivity contribution in [2.24, 2.45) is 7.05 Å². The topological polar surface area (TPSA) is 85.8 Å². The van der Waals surface area contributed by atoms with Crippen LogP contribution in [0.4, 0.5) is 4.39 Å². The number of halogens is 1. The molecule has 26 heavy (non-hydrogen) atoms. The normalized spacial score (nSPS) is 15.9. The number of carbonyl (C=O) groups excluding carboxylic acids is 1. The zero-order valence-corrected chi connectivity index (χ0v) is 14.5. The van der Waals surface area contributed by atoms with Crippen LogP contribution in [0.15, 0.2) is 29.0 Å². The van der Waals surface area contributed by atoms with E-state index in [0.717, 1.165) is 5.56 Å². The first-order valence-electron chi connectivity index (χ1n) is 8.50. The van der Waals surface area contributed by atoms with Crippen molar-refractivity contribution >= 4 is 5.91 Å². The summed E-state index contributed by atoms with van der Waals surface area (Å²) in [5, 5.41) is 10.8. The molecule has 1 unspecified atom stereocenters. The lowest BCUT2D eigenvalue weighted by atomic mass is 10.0. The highest BCUT2D eigenvalue weighted by atomic mass is 19.1. The summed E-state index contributed by atoms with van der Waals surface area (Å²) in [6.45, 7) is 1.89. The summed E-state index contributed by atoms with van der Waals surface area (Å²) in [6, 6.07) is 3.25. The van der Waals surface area contributed by atoms with Crippen LogP contribution in [0, 0.1) is 5.82 Å². The third-order valence-electron chi connectivity index (χ3n) is 4.62. The molecule has 1 atom stereocenters. The first kappa shape index (κ1) is 16.4. The lowest BCUT2D eigenvalue weighted by Crippen LogP contribution is -2.26. The molecule has 8 heteroatoms. The number of hydrogen-bond donors (Lipinski definition) is 1. The summed E-state index contributed by atoms with van der Waals surface area (Å²) < 4.78 is 21.6. The SMILES string of the molecule is CCc1nc(-c2ccc3c(c2F)CCC3NC(=O)c2cnn(C)c2)no1. The monoisotopic (exact) mass is 355 g/mol. The van der Waals surface area contributed by atoms with Gasteiger partial charge in [0.25, 0.3) is 5.91 Å². The molecule has 2 heterocycles. The Kier molecular flexibility index (Phi) is 4.02. The van der Waals surface area contributed by atoms with Gasteiger partial charge in [-0.25, -0.2) is 4.39 Å². The maximum absolute atomic E-state index is 15.0. The molecule has 1 aromatic carbocycles. The molecule has 0 bridgehead atoms. The van der Waals surface area contributed by atoms with Crippen molar-refractivity contribution in [3.8, 4) is 11.4 Å². The molecule has 7 nitrogen and oxygen atoms in total. The molecule has 1 amide bonds. The Bertz CT molecular complexity index is 978. The van der Waals surface area contributed by atoms with E-state index in [1.807, 2.05) is 13.0 Å². The minimum Gasteiger partial charge on any atom is -0.345 e. The lowest BCUT2D eigenvalue weighted by Gasteiger charge is -2.14. The van der Waals surface area contributed by atoms with Gasteiger partial charge in [-0.15, -0.1) is 0 Å². The Morgan fingerprint density at radius 1 is 1.46 bits per heavy atom. The molecular weight excluding hydrogens is 337 g/mol. The van der Waals surface area contributed by atoms with Gasteiger partial charge in [-0.1, -0.05) is 18.1 Å². The lowest BCUT2D eigenvalue weighted by molar-refractivity contribution is 0.0936. The van der Waals surface area contributed by atoms with Gasteiger partial charge >= 0.3 is 0 Å². The zero-order valence-electron chi connectivity index (χ0n) is 14.5. The second-order valence-corrected chi connectivity index (χ2v) is 6.33. The van der Waals surface area contributed by atoms with E-state index in [4.69, 9.17) is 4.52 Å². The van der Waals surface area contributed by atoms with Crippen LogP contribution in [0.5, 0.6) is 0 Å². The molecule has 1 aliphatic rings. The van der Waals surface area contributed by atoms with E-state index < -0.39 is 0 Å². The van der Waals surface area contributed by atoms with Crippen LogP contribution in [0.3, 0.4) is 0 Å². The summed E-state index contributed by atoms with van der Waals surface area (Å²) in [4.78, 5) is 16.5. The molecule has 3 aromatic rings. The minimum atomic E-state index is -0.343. The van der Waals surface area contributed by atoms with Gasteiger partial charge in [0, 0.05) is 19.7 Å². The van der Waals surface area contributed by atoms with Crippen LogP contribution >= 0.6 is 0 Å². The van der Waals surface area contributed by atoms with Crippen LogP contribution in [0.25, 0.3) is 11.4 Å².